The third-order valence-corrected chi connectivity index (χ3v) is 9.14. The summed E-state index contributed by atoms with van der Waals surface area (Å²) < 4.78 is 6.76. The molecule has 11 heteroatoms. The molecule has 3 aromatic heterocycles. The van der Waals surface area contributed by atoms with Gasteiger partial charge in [0.15, 0.2) is 0 Å². The predicted octanol–water partition coefficient (Wildman–Crippen LogP) is 3.08. The van der Waals surface area contributed by atoms with Crippen LogP contribution < -0.4 is 10.6 Å². The molecule has 3 aliphatic rings. The molecule has 10 nitrogen and oxygen atoms in total. The van der Waals surface area contributed by atoms with E-state index in [-0.39, 0.29) is 6.61 Å². The second kappa shape index (κ2) is 10.6. The highest BCUT2D eigenvalue weighted by Gasteiger charge is 2.42. The molecule has 204 valence electrons. The molecule has 0 saturated heterocycles. The molecule has 0 spiro atoms. The predicted molar refractivity (Wildman–Crippen MR) is 146 cm³/mol. The fourth-order valence-corrected chi connectivity index (χ4v) is 6.79. The van der Waals surface area contributed by atoms with Gasteiger partial charge in [-0.05, 0) is 57.9 Å². The molecule has 0 aliphatic heterocycles. The fourth-order valence-electron chi connectivity index (χ4n) is 5.72. The first-order valence-corrected chi connectivity index (χ1v) is 14.5. The van der Waals surface area contributed by atoms with E-state index in [1.807, 2.05) is 26.1 Å². The van der Waals surface area contributed by atoms with E-state index in [4.69, 9.17) is 19.7 Å². The summed E-state index contributed by atoms with van der Waals surface area (Å²) in [5, 5.41) is 38.3. The van der Waals surface area contributed by atoms with Crippen molar-refractivity contribution in [1.82, 2.24) is 19.9 Å². The van der Waals surface area contributed by atoms with Crippen LogP contribution in [0.2, 0.25) is 0 Å². The molecule has 3 fully saturated rings. The largest absolute Gasteiger partial charge is 0.396 e. The lowest BCUT2D eigenvalue weighted by Crippen LogP contribution is -2.36. The quantitative estimate of drug-likeness (QED) is 0.260. The lowest BCUT2D eigenvalue weighted by atomic mass is 9.82. The zero-order valence-corrected chi connectivity index (χ0v) is 22.6. The summed E-state index contributed by atoms with van der Waals surface area (Å²) in [7, 11) is 0. The lowest BCUT2D eigenvalue weighted by molar-refractivity contribution is -0.0205. The Morgan fingerprint density at radius 1 is 1.11 bits per heavy atom. The maximum absolute atomic E-state index is 10.7. The highest BCUT2D eigenvalue weighted by atomic mass is 32.1. The number of fused-ring (bicyclic) bond motifs is 1. The van der Waals surface area contributed by atoms with E-state index in [9.17, 15) is 15.3 Å². The van der Waals surface area contributed by atoms with Crippen LogP contribution in [0, 0.1) is 18.8 Å². The van der Waals surface area contributed by atoms with Crippen molar-refractivity contribution in [2.45, 2.75) is 76.2 Å². The van der Waals surface area contributed by atoms with E-state index in [1.54, 1.807) is 11.3 Å². The number of aliphatic hydroxyl groups excluding tert-OH is 3. The summed E-state index contributed by atoms with van der Waals surface area (Å²) in [6.45, 7) is 5.29. The van der Waals surface area contributed by atoms with Gasteiger partial charge < -0.3 is 30.7 Å². The van der Waals surface area contributed by atoms with Crippen LogP contribution in [-0.4, -0.2) is 79.4 Å². The Kier molecular flexibility index (Phi) is 7.21. The zero-order chi connectivity index (χ0) is 26.4. The Balaban J connectivity index is 1.31. The minimum absolute atomic E-state index is 0.183. The first-order chi connectivity index (χ1) is 18.4. The number of ether oxygens (including phenoxy) is 1. The SMILES string of the molecule is CCOC1CC(CNc2nc(C)c(-c3nc4c(C5CC5)nccc4s3)c(N[C@@H]3C[C@H](CO)[C@@H](O)[C@H]3O)n2)C1. The van der Waals surface area contributed by atoms with Crippen LogP contribution in [0.3, 0.4) is 0 Å². The number of aryl methyl sites for hydroxylation is 1. The highest BCUT2D eigenvalue weighted by molar-refractivity contribution is 7.21. The van der Waals surface area contributed by atoms with Gasteiger partial charge in [0.2, 0.25) is 5.95 Å². The van der Waals surface area contributed by atoms with Crippen LogP contribution in [0.1, 0.15) is 56.3 Å². The van der Waals surface area contributed by atoms with E-state index in [0.29, 0.717) is 36.1 Å². The maximum Gasteiger partial charge on any atom is 0.224 e. The Morgan fingerprint density at radius 2 is 1.92 bits per heavy atom. The number of hydrogen-bond acceptors (Lipinski definition) is 11. The second-order valence-electron chi connectivity index (χ2n) is 10.9. The van der Waals surface area contributed by atoms with Gasteiger partial charge in [-0.15, -0.1) is 11.3 Å². The third-order valence-electron chi connectivity index (χ3n) is 8.11. The highest BCUT2D eigenvalue weighted by Crippen LogP contribution is 2.44. The van der Waals surface area contributed by atoms with E-state index < -0.39 is 24.2 Å². The number of hydrogen-bond donors (Lipinski definition) is 5. The van der Waals surface area contributed by atoms with Crippen molar-refractivity contribution in [3.05, 3.63) is 23.7 Å². The monoisotopic (exact) mass is 540 g/mol. The maximum atomic E-state index is 10.7. The summed E-state index contributed by atoms with van der Waals surface area (Å²) in [6, 6.07) is 1.54. The molecule has 0 amide bonds. The molecule has 3 heterocycles. The zero-order valence-electron chi connectivity index (χ0n) is 21.8. The van der Waals surface area contributed by atoms with Crippen molar-refractivity contribution in [3.63, 3.8) is 0 Å². The first-order valence-electron chi connectivity index (χ1n) is 13.7. The standard InChI is InChI=1S/C27H36N6O4S/c1-3-37-17-8-14(9-17)11-29-27-30-13(2)20(25(33-27)31-18-10-16(12-34)23(35)24(18)36)26-32-22-19(38-26)6-7-28-21(22)15-4-5-15/h6-7,14-18,23-24,34-36H,3-5,8-12H2,1-2H3,(H2,29,30,31,33)/t14?,16-,17?,18-,23-,24+/m1/s1. The summed E-state index contributed by atoms with van der Waals surface area (Å²) in [6.07, 6.45) is 4.98. The Hall–Kier alpha value is -2.44. The number of nitrogens with one attached hydrogen (secondary N) is 2. The van der Waals surface area contributed by atoms with Crippen LogP contribution in [0.15, 0.2) is 12.3 Å². The number of aromatic nitrogens is 4. The van der Waals surface area contributed by atoms with Crippen LogP contribution in [0.4, 0.5) is 11.8 Å². The van der Waals surface area contributed by atoms with Gasteiger partial charge in [-0.2, -0.15) is 4.98 Å². The van der Waals surface area contributed by atoms with Crippen molar-refractivity contribution in [2.75, 3.05) is 30.4 Å². The number of nitrogens with zero attached hydrogens (tertiary/aromatic N) is 4. The lowest BCUT2D eigenvalue weighted by Gasteiger charge is -2.35. The van der Waals surface area contributed by atoms with Crippen LogP contribution >= 0.6 is 11.3 Å². The Morgan fingerprint density at radius 3 is 2.63 bits per heavy atom. The smallest absolute Gasteiger partial charge is 0.224 e. The molecule has 3 aliphatic carbocycles. The van der Waals surface area contributed by atoms with E-state index >= 15 is 0 Å². The molecule has 3 saturated carbocycles. The van der Waals surface area contributed by atoms with E-state index in [1.165, 1.54) is 0 Å². The molecule has 3 aromatic rings. The average Bonchev–Trinajstić information content (AvgIpc) is 3.58. The second-order valence-corrected chi connectivity index (χ2v) is 11.9. The number of thiazole rings is 1. The molecular formula is C27H36N6O4S. The van der Waals surface area contributed by atoms with Gasteiger partial charge in [0, 0.05) is 37.8 Å². The molecule has 0 bridgehead atoms. The van der Waals surface area contributed by atoms with Crippen molar-refractivity contribution < 1.29 is 20.1 Å². The first kappa shape index (κ1) is 25.8. The summed E-state index contributed by atoms with van der Waals surface area (Å²) in [5.74, 6) is 1.69. The van der Waals surface area contributed by atoms with Gasteiger partial charge in [-0.25, -0.2) is 9.97 Å². The minimum atomic E-state index is -1.02. The van der Waals surface area contributed by atoms with Gasteiger partial charge in [-0.1, -0.05) is 0 Å². The van der Waals surface area contributed by atoms with Crippen molar-refractivity contribution >= 4 is 33.3 Å². The third kappa shape index (κ3) is 4.98. The molecule has 4 atom stereocenters. The van der Waals surface area contributed by atoms with Crippen LogP contribution in [-0.2, 0) is 4.74 Å². The number of rotatable bonds is 10. The topological polar surface area (TPSA) is 146 Å². The van der Waals surface area contributed by atoms with Gasteiger partial charge in [0.25, 0.3) is 0 Å². The van der Waals surface area contributed by atoms with Crippen molar-refractivity contribution in [3.8, 4) is 10.6 Å². The van der Waals surface area contributed by atoms with Gasteiger partial charge in [-0.3, -0.25) is 4.98 Å². The fraction of sp³-hybridized carbons (Fsp3) is 0.630. The van der Waals surface area contributed by atoms with E-state index in [2.05, 4.69) is 15.6 Å². The molecule has 0 radical (unpaired) electrons. The van der Waals surface area contributed by atoms with Crippen LogP contribution in [0.25, 0.3) is 20.8 Å². The normalized spacial score (nSPS) is 29.0. The number of pyridine rings is 1. The van der Waals surface area contributed by atoms with Gasteiger partial charge in [0.05, 0.1) is 39.9 Å². The molecule has 5 N–H and O–H groups in total. The summed E-state index contributed by atoms with van der Waals surface area (Å²) in [5.41, 5.74) is 3.56. The average molecular weight is 541 g/mol. The molecule has 38 heavy (non-hydrogen) atoms. The molecule has 6 rings (SSSR count). The molecule has 0 unspecified atom stereocenters. The van der Waals surface area contributed by atoms with E-state index in [0.717, 1.165) is 71.0 Å². The Bertz CT molecular complexity index is 1290. The molecule has 0 aromatic carbocycles. The van der Waals surface area contributed by atoms with Gasteiger partial charge >= 0.3 is 0 Å². The van der Waals surface area contributed by atoms with Crippen molar-refractivity contribution in [1.29, 1.82) is 0 Å². The molecular weight excluding hydrogens is 504 g/mol. The number of anilines is 2. The van der Waals surface area contributed by atoms with Crippen molar-refractivity contribution in [2.24, 2.45) is 11.8 Å². The Labute approximate surface area is 225 Å². The minimum Gasteiger partial charge on any atom is -0.396 e. The summed E-state index contributed by atoms with van der Waals surface area (Å²) >= 11 is 1.59. The summed E-state index contributed by atoms with van der Waals surface area (Å²) in [4.78, 5) is 19.2. The van der Waals surface area contributed by atoms with Gasteiger partial charge in [0.1, 0.15) is 22.4 Å². The number of aliphatic hydroxyl groups is 3. The van der Waals surface area contributed by atoms with Crippen LogP contribution in [0.5, 0.6) is 0 Å².